The number of rotatable bonds is 1. The van der Waals surface area contributed by atoms with Gasteiger partial charge in [0.1, 0.15) is 5.82 Å². The molecule has 0 aliphatic carbocycles. The minimum Gasteiger partial charge on any atom is -0.322 e. The van der Waals surface area contributed by atoms with Crippen molar-refractivity contribution in [2.45, 2.75) is 6.92 Å². The Morgan fingerprint density at radius 3 is 2.89 bits per heavy atom. The summed E-state index contributed by atoms with van der Waals surface area (Å²) < 4.78 is 0. The zero-order valence-electron chi connectivity index (χ0n) is 10.1. The molecule has 0 N–H and O–H groups in total. The molecule has 0 unspecified atom stereocenters. The molecule has 3 rings (SSSR count). The van der Waals surface area contributed by atoms with Gasteiger partial charge >= 0.3 is 0 Å². The third-order valence-electron chi connectivity index (χ3n) is 3.04. The average molecular weight is 257 g/mol. The number of halogens is 1. The number of aryl methyl sites for hydroxylation is 1. The highest BCUT2D eigenvalue weighted by atomic mass is 35.5. The Bertz CT molecular complexity index is 602. The molecular formula is C15H13ClN2. The van der Waals surface area contributed by atoms with Gasteiger partial charge in [0.2, 0.25) is 0 Å². The van der Waals surface area contributed by atoms with Crippen LogP contribution in [0.5, 0.6) is 0 Å². The van der Waals surface area contributed by atoms with E-state index in [1.807, 2.05) is 37.4 Å². The van der Waals surface area contributed by atoms with Crippen molar-refractivity contribution < 1.29 is 0 Å². The van der Waals surface area contributed by atoms with Gasteiger partial charge in [0.15, 0.2) is 0 Å². The highest BCUT2D eigenvalue weighted by Crippen LogP contribution is 2.32. The van der Waals surface area contributed by atoms with Gasteiger partial charge in [-0.3, -0.25) is 0 Å². The Labute approximate surface area is 112 Å². The normalized spacial score (nSPS) is 13.6. The van der Waals surface area contributed by atoms with Crippen molar-refractivity contribution in [2.75, 3.05) is 11.4 Å². The van der Waals surface area contributed by atoms with Crippen molar-refractivity contribution in [2.24, 2.45) is 0 Å². The van der Waals surface area contributed by atoms with Crippen molar-refractivity contribution in [1.82, 2.24) is 4.98 Å². The summed E-state index contributed by atoms with van der Waals surface area (Å²) in [6.45, 7) is 2.88. The van der Waals surface area contributed by atoms with E-state index in [1.54, 1.807) is 0 Å². The van der Waals surface area contributed by atoms with Crippen molar-refractivity contribution >= 4 is 29.2 Å². The highest BCUT2D eigenvalue weighted by molar-refractivity contribution is 6.30. The van der Waals surface area contributed by atoms with Gasteiger partial charge in [0.05, 0.1) is 5.69 Å². The first-order valence-electron chi connectivity index (χ1n) is 5.90. The predicted molar refractivity (Wildman–Crippen MR) is 76.5 cm³/mol. The minimum atomic E-state index is 0.761. The molecule has 0 fully saturated rings. The van der Waals surface area contributed by atoms with Gasteiger partial charge in [-0.05, 0) is 42.3 Å². The number of nitrogens with zero attached hydrogens (tertiary/aromatic N) is 2. The molecule has 0 bridgehead atoms. The van der Waals surface area contributed by atoms with E-state index in [4.69, 9.17) is 11.6 Å². The lowest BCUT2D eigenvalue weighted by molar-refractivity contribution is 1.03. The van der Waals surface area contributed by atoms with E-state index in [0.717, 1.165) is 28.6 Å². The zero-order chi connectivity index (χ0) is 12.5. The van der Waals surface area contributed by atoms with E-state index in [-0.39, 0.29) is 0 Å². The topological polar surface area (TPSA) is 16.1 Å². The number of fused-ring (bicyclic) bond motifs is 1. The van der Waals surface area contributed by atoms with Crippen molar-refractivity contribution in [3.8, 4) is 0 Å². The summed E-state index contributed by atoms with van der Waals surface area (Å²) in [6, 6.07) is 10.1. The second kappa shape index (κ2) is 4.46. The molecule has 90 valence electrons. The second-order valence-electron chi connectivity index (χ2n) is 4.41. The minimum absolute atomic E-state index is 0.761. The maximum Gasteiger partial charge on any atom is 0.133 e. The molecule has 0 saturated heterocycles. The zero-order valence-corrected chi connectivity index (χ0v) is 10.9. The van der Waals surface area contributed by atoms with Crippen LogP contribution < -0.4 is 4.90 Å². The Kier molecular flexibility index (Phi) is 2.80. The van der Waals surface area contributed by atoms with Crippen molar-refractivity contribution in [3.63, 3.8) is 0 Å². The first-order valence-corrected chi connectivity index (χ1v) is 6.28. The van der Waals surface area contributed by atoms with E-state index >= 15 is 0 Å². The molecule has 2 nitrogen and oxygen atoms in total. The summed E-state index contributed by atoms with van der Waals surface area (Å²) in [5, 5.41) is 0.761. The van der Waals surface area contributed by atoms with E-state index in [0.29, 0.717) is 0 Å². The molecule has 1 aromatic carbocycles. The summed E-state index contributed by atoms with van der Waals surface area (Å²) >= 11 is 6.02. The maximum atomic E-state index is 6.02. The van der Waals surface area contributed by atoms with Crippen LogP contribution in [0.4, 0.5) is 11.5 Å². The molecule has 2 heterocycles. The van der Waals surface area contributed by atoms with Crippen LogP contribution in [0.3, 0.4) is 0 Å². The highest BCUT2D eigenvalue weighted by Gasteiger charge is 2.15. The smallest absolute Gasteiger partial charge is 0.133 e. The van der Waals surface area contributed by atoms with Crippen LogP contribution in [0.2, 0.25) is 5.02 Å². The average Bonchev–Trinajstić information content (AvgIpc) is 2.38. The van der Waals surface area contributed by atoms with Gasteiger partial charge in [-0.25, -0.2) is 4.98 Å². The summed E-state index contributed by atoms with van der Waals surface area (Å²) in [4.78, 5) is 6.67. The largest absolute Gasteiger partial charge is 0.322 e. The molecule has 0 amide bonds. The van der Waals surface area contributed by atoms with Crippen LogP contribution in [0.15, 0.2) is 42.6 Å². The van der Waals surface area contributed by atoms with Crippen LogP contribution in [0.1, 0.15) is 11.1 Å². The van der Waals surface area contributed by atoms with Crippen molar-refractivity contribution in [3.05, 3.63) is 58.8 Å². The lowest BCUT2D eigenvalue weighted by Crippen LogP contribution is -2.21. The molecule has 1 aliphatic heterocycles. The summed E-state index contributed by atoms with van der Waals surface area (Å²) in [5.41, 5.74) is 3.46. The van der Waals surface area contributed by atoms with Gasteiger partial charge in [-0.2, -0.15) is 0 Å². The van der Waals surface area contributed by atoms with Crippen LogP contribution >= 0.6 is 11.6 Å². The lowest BCUT2D eigenvalue weighted by Gasteiger charge is -2.27. The Morgan fingerprint density at radius 1 is 1.22 bits per heavy atom. The van der Waals surface area contributed by atoms with E-state index < -0.39 is 0 Å². The summed E-state index contributed by atoms with van der Waals surface area (Å²) in [5.74, 6) is 0.966. The monoisotopic (exact) mass is 256 g/mol. The Balaban J connectivity index is 2.06. The maximum absolute atomic E-state index is 6.02. The molecule has 2 aromatic rings. The lowest BCUT2D eigenvalue weighted by atomic mass is 10.1. The second-order valence-corrected chi connectivity index (χ2v) is 4.85. The molecule has 0 radical (unpaired) electrons. The molecule has 0 saturated carbocycles. The third kappa shape index (κ3) is 2.00. The van der Waals surface area contributed by atoms with Crippen LogP contribution in [-0.4, -0.2) is 11.5 Å². The SMILES string of the molecule is Cc1ccc(N2CC=Cc3cc(Cl)ccc32)nc1. The van der Waals surface area contributed by atoms with Crippen LogP contribution in [0.25, 0.3) is 6.08 Å². The van der Waals surface area contributed by atoms with Crippen LogP contribution in [0, 0.1) is 6.92 Å². The van der Waals surface area contributed by atoms with Crippen molar-refractivity contribution in [1.29, 1.82) is 0 Å². The van der Waals surface area contributed by atoms with Gasteiger partial charge in [-0.1, -0.05) is 29.8 Å². The Morgan fingerprint density at radius 2 is 2.11 bits per heavy atom. The fourth-order valence-electron chi connectivity index (χ4n) is 2.12. The van der Waals surface area contributed by atoms with E-state index in [2.05, 4.69) is 28.1 Å². The Hall–Kier alpha value is -1.80. The van der Waals surface area contributed by atoms with E-state index in [1.165, 1.54) is 5.56 Å². The molecule has 0 spiro atoms. The van der Waals surface area contributed by atoms with Gasteiger partial charge < -0.3 is 4.90 Å². The molecule has 18 heavy (non-hydrogen) atoms. The number of aromatic nitrogens is 1. The number of benzene rings is 1. The molecule has 3 heteroatoms. The predicted octanol–water partition coefficient (Wildman–Crippen LogP) is 4.21. The molecular weight excluding hydrogens is 244 g/mol. The molecule has 0 atom stereocenters. The number of hydrogen-bond donors (Lipinski definition) is 0. The third-order valence-corrected chi connectivity index (χ3v) is 3.27. The number of pyridine rings is 1. The quantitative estimate of drug-likeness (QED) is 0.760. The van der Waals surface area contributed by atoms with Gasteiger partial charge in [0.25, 0.3) is 0 Å². The van der Waals surface area contributed by atoms with Crippen LogP contribution in [-0.2, 0) is 0 Å². The number of hydrogen-bond acceptors (Lipinski definition) is 2. The van der Waals surface area contributed by atoms with E-state index in [9.17, 15) is 0 Å². The molecule has 1 aromatic heterocycles. The van der Waals surface area contributed by atoms with Gasteiger partial charge in [0, 0.05) is 17.8 Å². The first kappa shape index (κ1) is 11.3. The fourth-order valence-corrected chi connectivity index (χ4v) is 2.31. The summed E-state index contributed by atoms with van der Waals surface area (Å²) in [7, 11) is 0. The van der Waals surface area contributed by atoms with Gasteiger partial charge in [-0.15, -0.1) is 0 Å². The fraction of sp³-hybridized carbons (Fsp3) is 0.133. The number of anilines is 2. The summed E-state index contributed by atoms with van der Waals surface area (Å²) in [6.07, 6.45) is 6.12. The standard InChI is InChI=1S/C15H13ClN2/c1-11-4-7-15(17-10-11)18-8-2-3-12-9-13(16)5-6-14(12)18/h2-7,9-10H,8H2,1H3. The first-order chi connectivity index (χ1) is 8.74. The molecule has 1 aliphatic rings.